The van der Waals surface area contributed by atoms with Crippen LogP contribution >= 0.6 is 0 Å². The number of carbonyl (C=O) groups excluding carboxylic acids is 2. The Labute approximate surface area is 203 Å². The van der Waals surface area contributed by atoms with Gasteiger partial charge in [-0.25, -0.2) is 4.79 Å². The summed E-state index contributed by atoms with van der Waals surface area (Å²) in [6.45, 7) is 2.75. The number of likely N-dealkylation sites (N-methyl/N-ethyl adjacent to an activating group) is 1. The molecule has 9 nitrogen and oxygen atoms in total. The van der Waals surface area contributed by atoms with Gasteiger partial charge in [0.05, 0.1) is 12.2 Å². The lowest BCUT2D eigenvalue weighted by Gasteiger charge is -2.17. The molecule has 0 aliphatic carbocycles. The lowest BCUT2D eigenvalue weighted by molar-refractivity contribution is 0.0950. The second-order valence-electron chi connectivity index (χ2n) is 8.07. The van der Waals surface area contributed by atoms with Crippen molar-refractivity contribution < 1.29 is 14.1 Å². The van der Waals surface area contributed by atoms with E-state index in [0.717, 1.165) is 16.9 Å². The first-order valence-electron chi connectivity index (χ1n) is 11.2. The third kappa shape index (κ3) is 6.50. The van der Waals surface area contributed by atoms with Gasteiger partial charge in [-0.05, 0) is 61.0 Å². The lowest BCUT2D eigenvalue weighted by atomic mass is 10.1. The molecule has 2 N–H and O–H groups in total. The first-order valence-corrected chi connectivity index (χ1v) is 11.2. The molecule has 9 heteroatoms. The molecule has 0 saturated carbocycles. The smallest absolute Gasteiger partial charge is 0.321 e. The van der Waals surface area contributed by atoms with Gasteiger partial charge in [-0.15, -0.1) is 0 Å². The number of anilines is 1. The first kappa shape index (κ1) is 23.6. The van der Waals surface area contributed by atoms with Crippen LogP contribution in [-0.4, -0.2) is 45.6 Å². The van der Waals surface area contributed by atoms with Gasteiger partial charge in [-0.3, -0.25) is 9.78 Å². The minimum atomic E-state index is -0.212. The molecular weight excluding hydrogens is 444 g/mol. The number of urea groups is 1. The van der Waals surface area contributed by atoms with Gasteiger partial charge in [0, 0.05) is 43.0 Å². The lowest BCUT2D eigenvalue weighted by Crippen LogP contribution is -2.33. The van der Waals surface area contributed by atoms with Crippen LogP contribution in [-0.2, 0) is 13.0 Å². The molecule has 35 heavy (non-hydrogen) atoms. The standard InChI is InChI=1S/C26H26N6O3/c1-18-6-5-8-21(16-18)29-26(34)32(2)15-13-23-30-25(35-31-23)20-11-9-19(10-12-20)24(33)28-17-22-7-3-4-14-27-22/h3-12,14,16H,13,15,17H2,1-2H3,(H,28,33)(H,29,34). The molecule has 0 aliphatic heterocycles. The molecule has 3 amide bonds. The van der Waals surface area contributed by atoms with Crippen molar-refractivity contribution in [3.63, 3.8) is 0 Å². The molecule has 0 saturated heterocycles. The fraction of sp³-hybridized carbons (Fsp3) is 0.192. The SMILES string of the molecule is Cc1cccc(NC(=O)N(C)CCc2noc(-c3ccc(C(=O)NCc4ccccn4)cc3)n2)c1. The fourth-order valence-electron chi connectivity index (χ4n) is 3.32. The van der Waals surface area contributed by atoms with Gasteiger partial charge < -0.3 is 20.1 Å². The summed E-state index contributed by atoms with van der Waals surface area (Å²) >= 11 is 0. The summed E-state index contributed by atoms with van der Waals surface area (Å²) in [6.07, 6.45) is 2.13. The summed E-state index contributed by atoms with van der Waals surface area (Å²) in [7, 11) is 1.71. The van der Waals surface area contributed by atoms with E-state index in [1.807, 2.05) is 49.4 Å². The zero-order chi connectivity index (χ0) is 24.6. The molecule has 0 radical (unpaired) electrons. The van der Waals surface area contributed by atoms with Crippen molar-refractivity contribution in [2.45, 2.75) is 19.9 Å². The zero-order valence-electron chi connectivity index (χ0n) is 19.6. The van der Waals surface area contributed by atoms with Crippen molar-refractivity contribution in [3.8, 4) is 11.5 Å². The molecule has 2 heterocycles. The van der Waals surface area contributed by atoms with E-state index in [1.54, 1.807) is 42.4 Å². The van der Waals surface area contributed by atoms with E-state index < -0.39 is 0 Å². The number of pyridine rings is 1. The topological polar surface area (TPSA) is 113 Å². The van der Waals surface area contributed by atoms with E-state index >= 15 is 0 Å². The van der Waals surface area contributed by atoms with Crippen molar-refractivity contribution in [1.29, 1.82) is 0 Å². The monoisotopic (exact) mass is 470 g/mol. The molecular formula is C26H26N6O3. The molecule has 4 rings (SSSR count). The predicted molar refractivity (Wildman–Crippen MR) is 132 cm³/mol. The molecule has 0 spiro atoms. The zero-order valence-corrected chi connectivity index (χ0v) is 19.6. The summed E-state index contributed by atoms with van der Waals surface area (Å²) in [6, 6.07) is 19.9. The summed E-state index contributed by atoms with van der Waals surface area (Å²) in [5.41, 5.74) is 3.83. The fourth-order valence-corrected chi connectivity index (χ4v) is 3.32. The van der Waals surface area contributed by atoms with Crippen LogP contribution < -0.4 is 10.6 Å². The normalized spacial score (nSPS) is 10.6. The number of carbonyl (C=O) groups is 2. The maximum atomic E-state index is 12.4. The third-order valence-electron chi connectivity index (χ3n) is 5.31. The van der Waals surface area contributed by atoms with E-state index in [2.05, 4.69) is 25.8 Å². The highest BCUT2D eigenvalue weighted by Gasteiger charge is 2.14. The Kier molecular flexibility index (Phi) is 7.47. The Morgan fingerprint density at radius 1 is 1.03 bits per heavy atom. The molecule has 2 aromatic carbocycles. The quantitative estimate of drug-likeness (QED) is 0.401. The summed E-state index contributed by atoms with van der Waals surface area (Å²) in [5, 5.41) is 9.72. The largest absolute Gasteiger partial charge is 0.346 e. The molecule has 0 unspecified atom stereocenters. The number of aromatic nitrogens is 3. The Balaban J connectivity index is 1.28. The Morgan fingerprint density at radius 3 is 2.60 bits per heavy atom. The summed E-state index contributed by atoms with van der Waals surface area (Å²) < 4.78 is 5.37. The Morgan fingerprint density at radius 2 is 1.86 bits per heavy atom. The van der Waals surface area contributed by atoms with Gasteiger partial charge in [0.15, 0.2) is 5.82 Å². The van der Waals surface area contributed by atoms with Crippen LogP contribution in [0.4, 0.5) is 10.5 Å². The van der Waals surface area contributed by atoms with Crippen molar-refractivity contribution in [2.24, 2.45) is 0 Å². The average molecular weight is 471 g/mol. The second kappa shape index (κ2) is 11.1. The number of benzene rings is 2. The summed E-state index contributed by atoms with van der Waals surface area (Å²) in [5.74, 6) is 0.653. The maximum Gasteiger partial charge on any atom is 0.321 e. The number of hydrogen-bond acceptors (Lipinski definition) is 6. The van der Waals surface area contributed by atoms with Crippen molar-refractivity contribution in [2.75, 3.05) is 18.9 Å². The van der Waals surface area contributed by atoms with Crippen molar-refractivity contribution in [3.05, 3.63) is 95.6 Å². The van der Waals surface area contributed by atoms with Crippen LogP contribution in [0, 0.1) is 6.92 Å². The minimum absolute atomic E-state index is 0.194. The third-order valence-corrected chi connectivity index (χ3v) is 5.31. The highest BCUT2D eigenvalue weighted by Crippen LogP contribution is 2.18. The van der Waals surface area contributed by atoms with E-state index in [-0.39, 0.29) is 11.9 Å². The minimum Gasteiger partial charge on any atom is -0.346 e. The van der Waals surface area contributed by atoms with Crippen LogP contribution in [0.3, 0.4) is 0 Å². The van der Waals surface area contributed by atoms with E-state index in [0.29, 0.717) is 42.4 Å². The van der Waals surface area contributed by atoms with Gasteiger partial charge in [-0.1, -0.05) is 23.4 Å². The molecule has 0 atom stereocenters. The van der Waals surface area contributed by atoms with Gasteiger partial charge >= 0.3 is 6.03 Å². The van der Waals surface area contributed by atoms with Gasteiger partial charge in [0.25, 0.3) is 11.8 Å². The number of rotatable bonds is 8. The number of amides is 3. The van der Waals surface area contributed by atoms with Crippen molar-refractivity contribution in [1.82, 2.24) is 25.3 Å². The molecule has 178 valence electrons. The Hall–Kier alpha value is -4.53. The highest BCUT2D eigenvalue weighted by atomic mass is 16.5. The van der Waals surface area contributed by atoms with Crippen molar-refractivity contribution >= 4 is 17.6 Å². The molecule has 0 aliphatic rings. The Bertz CT molecular complexity index is 1290. The first-order chi connectivity index (χ1) is 17.0. The van der Waals surface area contributed by atoms with Gasteiger partial charge in [0.1, 0.15) is 0 Å². The van der Waals surface area contributed by atoms with Crippen LogP contribution in [0.25, 0.3) is 11.5 Å². The molecule has 0 fully saturated rings. The second-order valence-corrected chi connectivity index (χ2v) is 8.07. The maximum absolute atomic E-state index is 12.4. The number of aryl methyl sites for hydroxylation is 1. The number of nitrogens with one attached hydrogen (secondary N) is 2. The molecule has 0 bridgehead atoms. The van der Waals surface area contributed by atoms with Crippen LogP contribution in [0.5, 0.6) is 0 Å². The van der Waals surface area contributed by atoms with E-state index in [9.17, 15) is 9.59 Å². The van der Waals surface area contributed by atoms with Crippen LogP contribution in [0.2, 0.25) is 0 Å². The van der Waals surface area contributed by atoms with Gasteiger partial charge in [0.2, 0.25) is 0 Å². The highest BCUT2D eigenvalue weighted by molar-refractivity contribution is 5.94. The summed E-state index contributed by atoms with van der Waals surface area (Å²) in [4.78, 5) is 34.9. The van der Waals surface area contributed by atoms with E-state index in [4.69, 9.17) is 4.52 Å². The molecule has 4 aromatic rings. The van der Waals surface area contributed by atoms with Gasteiger partial charge in [-0.2, -0.15) is 4.98 Å². The average Bonchev–Trinajstić information content (AvgIpc) is 3.35. The number of nitrogens with zero attached hydrogens (tertiary/aromatic N) is 4. The van der Waals surface area contributed by atoms with Crippen LogP contribution in [0.15, 0.2) is 77.4 Å². The van der Waals surface area contributed by atoms with Crippen LogP contribution in [0.1, 0.15) is 27.4 Å². The number of hydrogen-bond donors (Lipinski definition) is 2. The molecule has 2 aromatic heterocycles. The van der Waals surface area contributed by atoms with E-state index in [1.165, 1.54) is 0 Å². The predicted octanol–water partition coefficient (Wildman–Crippen LogP) is 4.08.